The molecule has 2 aromatic rings. The zero-order valence-electron chi connectivity index (χ0n) is 17.6. The van der Waals surface area contributed by atoms with Crippen LogP contribution in [-0.4, -0.2) is 24.9 Å². The van der Waals surface area contributed by atoms with Crippen molar-refractivity contribution in [3.05, 3.63) is 71.8 Å². The van der Waals surface area contributed by atoms with Gasteiger partial charge >= 0.3 is 7.12 Å². The Morgan fingerprint density at radius 2 is 1.36 bits per heavy atom. The predicted molar refractivity (Wildman–Crippen MR) is 113 cm³/mol. The lowest BCUT2D eigenvalue weighted by Crippen LogP contribution is -2.41. The van der Waals surface area contributed by atoms with Crippen LogP contribution in [0.4, 0.5) is 0 Å². The fraction of sp³-hybridized carbons (Fsp3) is 0.500. The summed E-state index contributed by atoms with van der Waals surface area (Å²) in [5, 5.41) is 0. The van der Waals surface area contributed by atoms with E-state index >= 15 is 0 Å². The van der Waals surface area contributed by atoms with E-state index in [1.807, 2.05) is 6.07 Å². The van der Waals surface area contributed by atoms with Crippen molar-refractivity contribution in [3.63, 3.8) is 0 Å². The highest BCUT2D eigenvalue weighted by molar-refractivity contribution is 6.49. The minimum absolute atomic E-state index is 0.00268. The second kappa shape index (κ2) is 7.02. The summed E-state index contributed by atoms with van der Waals surface area (Å²) in [6.07, 6.45) is 0. The highest BCUT2D eigenvalue weighted by Gasteiger charge is 2.71. The second-order valence-corrected chi connectivity index (χ2v) is 9.52. The smallest absolute Gasteiger partial charge is 0.403 e. The van der Waals surface area contributed by atoms with Gasteiger partial charge in [-0.1, -0.05) is 67.6 Å². The molecule has 148 valence electrons. The highest BCUT2D eigenvalue weighted by atomic mass is 16.7. The average Bonchev–Trinajstić information content (AvgIpc) is 3.20. The third-order valence-corrected chi connectivity index (χ3v) is 6.97. The van der Waals surface area contributed by atoms with Crippen molar-refractivity contribution >= 4 is 7.12 Å². The van der Waals surface area contributed by atoms with Crippen molar-refractivity contribution in [1.29, 1.82) is 0 Å². The second-order valence-electron chi connectivity index (χ2n) is 9.52. The summed E-state index contributed by atoms with van der Waals surface area (Å²) in [7, 11) is -0.208. The normalized spacial score (nSPS) is 30.4. The quantitative estimate of drug-likeness (QED) is 0.624. The molecular formula is C24H31BO3. The van der Waals surface area contributed by atoms with Gasteiger partial charge < -0.3 is 14.0 Å². The molecule has 2 aromatic carbocycles. The van der Waals surface area contributed by atoms with Gasteiger partial charge in [0.25, 0.3) is 0 Å². The lowest BCUT2D eigenvalue weighted by atomic mass is 9.76. The highest BCUT2D eigenvalue weighted by Crippen LogP contribution is 2.72. The summed E-state index contributed by atoms with van der Waals surface area (Å²) in [4.78, 5) is 0. The molecule has 1 aliphatic carbocycles. The summed E-state index contributed by atoms with van der Waals surface area (Å²) in [5.41, 5.74) is 1.92. The molecule has 2 aliphatic rings. The number of hydrogen-bond acceptors (Lipinski definition) is 3. The summed E-state index contributed by atoms with van der Waals surface area (Å²) in [6.45, 7) is 12.1. The van der Waals surface area contributed by atoms with Gasteiger partial charge in [-0.05, 0) is 50.2 Å². The van der Waals surface area contributed by atoms with Crippen LogP contribution < -0.4 is 0 Å². The molecule has 3 atom stereocenters. The molecule has 2 fully saturated rings. The Balaban J connectivity index is 1.52. The maximum atomic E-state index is 6.42. The first kappa shape index (κ1) is 19.7. The van der Waals surface area contributed by atoms with Crippen molar-refractivity contribution in [2.45, 2.75) is 64.2 Å². The van der Waals surface area contributed by atoms with E-state index in [9.17, 15) is 0 Å². The largest absolute Gasteiger partial charge is 0.462 e. The van der Waals surface area contributed by atoms with Gasteiger partial charge in [-0.2, -0.15) is 0 Å². The predicted octanol–water partition coefficient (Wildman–Crippen LogP) is 5.47. The SMILES string of the molecule is CC1(C)OB([C@@H]2[C@@H](c3ccccc3)[C@]2(C)COCc2ccccc2)OC1(C)C. The zero-order chi connectivity index (χ0) is 20.0. The van der Waals surface area contributed by atoms with Gasteiger partial charge in [-0.25, -0.2) is 0 Å². The van der Waals surface area contributed by atoms with Crippen molar-refractivity contribution in [3.8, 4) is 0 Å². The molecule has 0 unspecified atom stereocenters. The van der Waals surface area contributed by atoms with E-state index in [1.165, 1.54) is 11.1 Å². The molecule has 1 heterocycles. The first-order valence-electron chi connectivity index (χ1n) is 10.3. The van der Waals surface area contributed by atoms with Crippen LogP contribution in [0, 0.1) is 5.41 Å². The Kier molecular flexibility index (Phi) is 4.93. The van der Waals surface area contributed by atoms with Crippen LogP contribution in [0.1, 0.15) is 51.7 Å². The maximum Gasteiger partial charge on any atom is 0.462 e. The van der Waals surface area contributed by atoms with Gasteiger partial charge in [0, 0.05) is 5.82 Å². The first-order valence-corrected chi connectivity index (χ1v) is 10.3. The molecular weight excluding hydrogens is 347 g/mol. The van der Waals surface area contributed by atoms with Gasteiger partial charge in [0.15, 0.2) is 0 Å². The summed E-state index contributed by atoms with van der Waals surface area (Å²) >= 11 is 0. The number of benzene rings is 2. The molecule has 4 rings (SSSR count). The van der Waals surface area contributed by atoms with Crippen molar-refractivity contribution < 1.29 is 14.0 Å². The Morgan fingerprint density at radius 1 is 0.821 bits per heavy atom. The van der Waals surface area contributed by atoms with Crippen LogP contribution in [0.5, 0.6) is 0 Å². The fourth-order valence-corrected chi connectivity index (χ4v) is 4.50. The van der Waals surface area contributed by atoms with E-state index in [0.29, 0.717) is 19.1 Å². The molecule has 0 aromatic heterocycles. The summed E-state index contributed by atoms with van der Waals surface area (Å²) in [5.74, 6) is 0.658. The number of hydrogen-bond donors (Lipinski definition) is 0. The molecule has 0 N–H and O–H groups in total. The van der Waals surface area contributed by atoms with Crippen LogP contribution in [0.3, 0.4) is 0 Å². The number of rotatable bonds is 6. The summed E-state index contributed by atoms with van der Waals surface area (Å²) in [6, 6.07) is 21.1. The molecule has 3 nitrogen and oxygen atoms in total. The molecule has 1 saturated carbocycles. The monoisotopic (exact) mass is 378 g/mol. The average molecular weight is 378 g/mol. The van der Waals surface area contributed by atoms with E-state index in [-0.39, 0.29) is 29.6 Å². The third-order valence-electron chi connectivity index (χ3n) is 6.97. The van der Waals surface area contributed by atoms with E-state index < -0.39 is 0 Å². The standard InChI is InChI=1S/C24H31BO3/c1-22(2)23(3,4)28-25(27-22)21-20(19-14-10-7-11-15-19)24(21,5)17-26-16-18-12-8-6-9-13-18/h6-15,20-21H,16-17H2,1-5H3/t20-,21-,24+/m1/s1. The van der Waals surface area contributed by atoms with Crippen molar-refractivity contribution in [2.75, 3.05) is 6.61 Å². The van der Waals surface area contributed by atoms with Crippen LogP contribution >= 0.6 is 0 Å². The first-order chi connectivity index (χ1) is 13.2. The minimum Gasteiger partial charge on any atom is -0.403 e. The lowest BCUT2D eigenvalue weighted by molar-refractivity contribution is 0.00578. The Hall–Kier alpha value is -1.62. The van der Waals surface area contributed by atoms with Crippen LogP contribution in [0.15, 0.2) is 60.7 Å². The lowest BCUT2D eigenvalue weighted by Gasteiger charge is -2.32. The van der Waals surface area contributed by atoms with Gasteiger partial charge in [-0.15, -0.1) is 0 Å². The molecule has 0 amide bonds. The van der Waals surface area contributed by atoms with Crippen LogP contribution in [-0.2, 0) is 20.7 Å². The zero-order valence-corrected chi connectivity index (χ0v) is 17.6. The molecule has 0 radical (unpaired) electrons. The molecule has 1 saturated heterocycles. The maximum absolute atomic E-state index is 6.42. The van der Waals surface area contributed by atoms with Crippen molar-refractivity contribution in [1.82, 2.24) is 0 Å². The van der Waals surface area contributed by atoms with E-state index in [0.717, 1.165) is 0 Å². The van der Waals surface area contributed by atoms with Gasteiger partial charge in [0.2, 0.25) is 0 Å². The molecule has 4 heteroatoms. The third kappa shape index (κ3) is 3.43. The van der Waals surface area contributed by atoms with Gasteiger partial charge in [0.05, 0.1) is 24.4 Å². The number of ether oxygens (including phenoxy) is 1. The van der Waals surface area contributed by atoms with E-state index in [4.69, 9.17) is 14.0 Å². The van der Waals surface area contributed by atoms with Crippen molar-refractivity contribution in [2.24, 2.45) is 5.41 Å². The van der Waals surface area contributed by atoms with Gasteiger partial charge in [-0.3, -0.25) is 0 Å². The Bertz CT molecular complexity index is 789. The Morgan fingerprint density at radius 3 is 1.93 bits per heavy atom. The topological polar surface area (TPSA) is 27.7 Å². The molecule has 0 spiro atoms. The van der Waals surface area contributed by atoms with E-state index in [2.05, 4.69) is 89.2 Å². The van der Waals surface area contributed by atoms with Gasteiger partial charge in [0.1, 0.15) is 0 Å². The van der Waals surface area contributed by atoms with Crippen LogP contribution in [0.2, 0.25) is 5.82 Å². The molecule has 0 bridgehead atoms. The molecule has 28 heavy (non-hydrogen) atoms. The van der Waals surface area contributed by atoms with E-state index in [1.54, 1.807) is 0 Å². The molecule has 1 aliphatic heterocycles. The fourth-order valence-electron chi connectivity index (χ4n) is 4.50. The van der Waals surface area contributed by atoms with Crippen LogP contribution in [0.25, 0.3) is 0 Å². The Labute approximate surface area is 169 Å². The minimum atomic E-state index is -0.312. The summed E-state index contributed by atoms with van der Waals surface area (Å²) < 4.78 is 19.0.